The molecule has 8 aromatic carbocycles. The zero-order chi connectivity index (χ0) is 62.5. The molecule has 0 heterocycles. The lowest BCUT2D eigenvalue weighted by atomic mass is 9.98. The lowest BCUT2D eigenvalue weighted by molar-refractivity contribution is -0.117. The number of azo groups is 4. The first kappa shape index (κ1) is 63.6. The molecule has 0 fully saturated rings. The van der Waals surface area contributed by atoms with Gasteiger partial charge in [0, 0.05) is 41.5 Å². The molecule has 86 heavy (non-hydrogen) atoms. The predicted molar refractivity (Wildman–Crippen MR) is 323 cm³/mol. The molecule has 0 unspecified atom stereocenters. The molecule has 8 rings (SSSR count). The topological polar surface area (TPSA) is 352 Å². The molecule has 0 saturated heterocycles. The molecule has 0 atom stereocenters. The second-order valence-electron chi connectivity index (χ2n) is 20.3. The van der Waals surface area contributed by atoms with Gasteiger partial charge in [0.2, 0.25) is 0 Å². The quantitative estimate of drug-likeness (QED) is 0.0263. The summed E-state index contributed by atoms with van der Waals surface area (Å²) < 4.78 is 146. The Hall–Kier alpha value is -8.41. The van der Waals surface area contributed by atoms with E-state index in [9.17, 15) is 56.7 Å². The van der Waals surface area contributed by atoms with Crippen molar-refractivity contribution in [1.29, 1.82) is 0 Å². The first-order chi connectivity index (χ1) is 40.4. The third-order valence-corrected chi connectivity index (χ3v) is 16.9. The number of ketones is 1. The number of hydrogen-bond acceptors (Lipinski definition) is 19. The third kappa shape index (κ3) is 16.1. The van der Waals surface area contributed by atoms with Crippen molar-refractivity contribution in [2.45, 2.75) is 88.8 Å². The highest BCUT2D eigenvalue weighted by molar-refractivity contribution is 7.86. The fourth-order valence-electron chi connectivity index (χ4n) is 9.00. The number of carbonyl (C=O) groups excluding carboxylic acids is 1. The van der Waals surface area contributed by atoms with E-state index in [1.807, 2.05) is 27.7 Å². The Morgan fingerprint density at radius 1 is 0.430 bits per heavy atom. The van der Waals surface area contributed by atoms with Crippen LogP contribution < -0.4 is 9.47 Å². The van der Waals surface area contributed by atoms with Gasteiger partial charge in [0.25, 0.3) is 40.5 Å². The van der Waals surface area contributed by atoms with Gasteiger partial charge in [-0.2, -0.15) is 69.5 Å². The summed E-state index contributed by atoms with van der Waals surface area (Å²) in [6, 6.07) is 29.1. The Labute approximate surface area is 496 Å². The van der Waals surface area contributed by atoms with Crippen LogP contribution >= 0.6 is 0 Å². The molecule has 0 saturated carbocycles. The summed E-state index contributed by atoms with van der Waals surface area (Å²) in [5.41, 5.74) is 7.82. The van der Waals surface area contributed by atoms with Crippen LogP contribution in [-0.4, -0.2) is 76.6 Å². The smallest absolute Gasteiger partial charge is 0.296 e. The fraction of sp³-hybridized carbons (Fsp3) is 0.237. The van der Waals surface area contributed by atoms with Crippen LogP contribution in [0.3, 0.4) is 0 Å². The number of fused-ring (bicyclic) bond motifs is 2. The minimum Gasteiger partial charge on any atom is -0.493 e. The number of nitrogens with zero attached hydrogens (tertiary/aromatic N) is 8. The van der Waals surface area contributed by atoms with Gasteiger partial charge in [0.05, 0.1) is 63.7 Å². The van der Waals surface area contributed by atoms with E-state index in [4.69, 9.17) is 9.47 Å². The van der Waals surface area contributed by atoms with E-state index in [1.54, 1.807) is 93.6 Å². The van der Waals surface area contributed by atoms with Gasteiger partial charge in [-0.15, -0.1) is 5.11 Å². The largest absolute Gasteiger partial charge is 0.493 e. The summed E-state index contributed by atoms with van der Waals surface area (Å²) in [4.78, 5) is 12.8. The molecule has 27 heteroatoms. The standard InChI is InChI=1S/C59H58N8O15S4/c1-8-17-81-56-32-53(65-63-51-24-39(7)52(25-38(51)6)64-67-55-31-48-42(30-59(55)86(78,79)80)11-9-12-58(48)85(75,76)77)34(2)20-43(56)27-46(68)28-44-21-35(3)54(33-57(44)82-18-10-19-83(69,70)71)66-62-50-23-36(4)49(22-37(50)5)61-60-45-15-13-41-29-47(84(72,73)74)16-14-40(41)26-45/h9,11-16,20-26,29-33H,8,10,17-19,27-28H2,1-7H3,(H,69,70,71)(H,72,73,74)(H,75,76,77)(H,78,79,80). The van der Waals surface area contributed by atoms with Gasteiger partial charge in [-0.1, -0.05) is 31.2 Å². The average Bonchev–Trinajstić information content (AvgIpc) is 0.962. The Kier molecular flexibility index (Phi) is 19.3. The van der Waals surface area contributed by atoms with Crippen LogP contribution in [0.1, 0.15) is 64.3 Å². The number of hydrogen-bond donors (Lipinski definition) is 4. The van der Waals surface area contributed by atoms with E-state index in [2.05, 4.69) is 40.9 Å². The first-order valence-electron chi connectivity index (χ1n) is 26.4. The maximum absolute atomic E-state index is 14.1. The number of benzene rings is 8. The summed E-state index contributed by atoms with van der Waals surface area (Å²) in [5.74, 6) is -0.0908. The van der Waals surface area contributed by atoms with Crippen molar-refractivity contribution in [3.63, 3.8) is 0 Å². The molecule has 0 aliphatic heterocycles. The van der Waals surface area contributed by atoms with Crippen LogP contribution in [0.25, 0.3) is 21.5 Å². The van der Waals surface area contributed by atoms with Gasteiger partial charge in [-0.3, -0.25) is 23.0 Å². The average molecular weight is 1250 g/mol. The first-order valence-corrected chi connectivity index (χ1v) is 32.3. The maximum Gasteiger partial charge on any atom is 0.296 e. The molecule has 0 aromatic heterocycles. The molecule has 8 aromatic rings. The SMILES string of the molecule is CCCOc1cc(N=Nc2cc(C)c(N=Nc3cc4c(S(=O)(=O)O)cccc4cc3S(=O)(=O)O)cc2C)c(C)cc1CC(=O)Cc1cc(C)c(N=Nc2cc(C)c(N=Nc3ccc4cc(S(=O)(=O)O)ccc4c3)cc2C)cc1OCCCS(=O)(=O)O. The van der Waals surface area contributed by atoms with Crippen LogP contribution in [0.2, 0.25) is 0 Å². The van der Waals surface area contributed by atoms with E-state index in [0.29, 0.717) is 97.1 Å². The maximum atomic E-state index is 14.1. The number of ether oxygens (including phenoxy) is 2. The monoisotopic (exact) mass is 1250 g/mol. The second-order valence-corrected chi connectivity index (χ2v) is 26.1. The van der Waals surface area contributed by atoms with Crippen LogP contribution in [0.5, 0.6) is 11.5 Å². The highest BCUT2D eigenvalue weighted by Crippen LogP contribution is 2.39. The Balaban J connectivity index is 1.000. The van der Waals surface area contributed by atoms with Crippen molar-refractivity contribution >= 4 is 113 Å². The van der Waals surface area contributed by atoms with Crippen molar-refractivity contribution in [2.24, 2.45) is 40.9 Å². The number of carbonyl (C=O) groups is 1. The van der Waals surface area contributed by atoms with E-state index >= 15 is 0 Å². The second kappa shape index (κ2) is 26.1. The summed E-state index contributed by atoms with van der Waals surface area (Å²) in [7, 11) is -18.2. The third-order valence-electron chi connectivity index (χ3n) is 13.5. The van der Waals surface area contributed by atoms with E-state index in [0.717, 1.165) is 29.3 Å². The highest BCUT2D eigenvalue weighted by Gasteiger charge is 2.23. The summed E-state index contributed by atoms with van der Waals surface area (Å²) >= 11 is 0. The lowest BCUT2D eigenvalue weighted by Crippen LogP contribution is -2.12. The van der Waals surface area contributed by atoms with Crippen LogP contribution in [0.4, 0.5) is 45.5 Å². The summed E-state index contributed by atoms with van der Waals surface area (Å²) in [6.07, 6.45) is 0.453. The molecule has 0 radical (unpaired) electrons. The summed E-state index contributed by atoms with van der Waals surface area (Å²) in [5, 5.41) is 36.6. The Morgan fingerprint density at radius 2 is 0.872 bits per heavy atom. The van der Waals surface area contributed by atoms with Gasteiger partial charge in [-0.05, 0) is 183 Å². The van der Waals surface area contributed by atoms with E-state index in [1.165, 1.54) is 24.3 Å². The minimum atomic E-state index is -4.87. The number of Topliss-reactive ketones (excluding diaryl/α,β-unsaturated/α-hetero) is 1. The fourth-order valence-corrected chi connectivity index (χ4v) is 11.3. The van der Waals surface area contributed by atoms with Gasteiger partial charge >= 0.3 is 0 Å². The van der Waals surface area contributed by atoms with Gasteiger partial charge in [0.15, 0.2) is 0 Å². The number of rotatable bonds is 23. The molecule has 448 valence electrons. The summed E-state index contributed by atoms with van der Waals surface area (Å²) in [6.45, 7) is 12.9. The molecule has 4 N–H and O–H groups in total. The minimum absolute atomic E-state index is 0.0443. The predicted octanol–water partition coefficient (Wildman–Crippen LogP) is 15.0. The van der Waals surface area contributed by atoms with Crippen molar-refractivity contribution in [3.8, 4) is 11.5 Å². The lowest BCUT2D eigenvalue weighted by Gasteiger charge is -2.15. The van der Waals surface area contributed by atoms with E-state index in [-0.39, 0.29) is 64.4 Å². The molecular weight excluding hydrogens is 1190 g/mol. The molecule has 0 aliphatic rings. The molecule has 0 aliphatic carbocycles. The molecule has 0 spiro atoms. The molecule has 0 amide bonds. The van der Waals surface area contributed by atoms with Crippen LogP contribution in [0, 0.1) is 41.5 Å². The van der Waals surface area contributed by atoms with Gasteiger partial charge in [0.1, 0.15) is 32.8 Å². The molecular formula is C59H58N8O15S4. The Morgan fingerprint density at radius 3 is 1.35 bits per heavy atom. The highest BCUT2D eigenvalue weighted by atomic mass is 32.2. The van der Waals surface area contributed by atoms with Crippen LogP contribution in [0.15, 0.2) is 171 Å². The Bertz CT molecular complexity index is 4630. The van der Waals surface area contributed by atoms with E-state index < -0.39 is 56.0 Å². The number of aryl methyl sites for hydroxylation is 6. The van der Waals surface area contributed by atoms with Crippen molar-refractivity contribution in [1.82, 2.24) is 0 Å². The zero-order valence-electron chi connectivity index (χ0n) is 47.4. The van der Waals surface area contributed by atoms with Gasteiger partial charge in [-0.25, -0.2) is 0 Å². The van der Waals surface area contributed by atoms with Crippen molar-refractivity contribution in [2.75, 3.05) is 19.0 Å². The molecule has 0 bridgehead atoms. The van der Waals surface area contributed by atoms with Crippen molar-refractivity contribution < 1.29 is 66.2 Å². The molecule has 23 nitrogen and oxygen atoms in total. The normalized spacial score (nSPS) is 12.7. The van der Waals surface area contributed by atoms with Crippen molar-refractivity contribution in [3.05, 3.63) is 160 Å². The van der Waals surface area contributed by atoms with Gasteiger partial charge < -0.3 is 9.47 Å². The zero-order valence-corrected chi connectivity index (χ0v) is 50.7. The van der Waals surface area contributed by atoms with Crippen LogP contribution in [-0.2, 0) is 58.1 Å².